The van der Waals surface area contributed by atoms with Crippen molar-refractivity contribution in [1.82, 2.24) is 5.32 Å². The lowest BCUT2D eigenvalue weighted by Gasteiger charge is -1.99. The Morgan fingerprint density at radius 3 is 2.73 bits per heavy atom. The molecule has 1 amide bonds. The van der Waals surface area contributed by atoms with Crippen molar-refractivity contribution in [3.8, 4) is 0 Å². The van der Waals surface area contributed by atoms with Crippen molar-refractivity contribution in [3.63, 3.8) is 0 Å². The lowest BCUT2D eigenvalue weighted by molar-refractivity contribution is -0.138. The fourth-order valence-corrected chi connectivity index (χ4v) is 0.763. The van der Waals surface area contributed by atoms with Gasteiger partial charge >= 0.3 is 5.97 Å². The van der Waals surface area contributed by atoms with Crippen molar-refractivity contribution in [2.45, 2.75) is 19.8 Å². The number of hydrogen-bond acceptors (Lipinski definition) is 4. The molecule has 5 heteroatoms. The summed E-state index contributed by atoms with van der Waals surface area (Å²) in [6, 6.07) is 0. The van der Waals surface area contributed by atoms with Crippen LogP contribution < -0.4 is 11.1 Å². The van der Waals surface area contributed by atoms with E-state index < -0.39 is 5.97 Å². The van der Waals surface area contributed by atoms with Gasteiger partial charge in [0, 0.05) is 25.2 Å². The van der Waals surface area contributed by atoms with E-state index in [1.807, 2.05) is 6.92 Å². The van der Waals surface area contributed by atoms with E-state index in [1.165, 1.54) is 0 Å². The van der Waals surface area contributed by atoms with E-state index in [2.05, 4.69) is 5.32 Å². The summed E-state index contributed by atoms with van der Waals surface area (Å²) >= 11 is 0. The highest BCUT2D eigenvalue weighted by Gasteiger charge is 1.98. The van der Waals surface area contributed by atoms with Crippen LogP contribution in [0.25, 0.3) is 0 Å². The minimum atomic E-state index is -0.494. The first-order valence-electron chi connectivity index (χ1n) is 5.03. The Kier molecular flexibility index (Phi) is 8.37. The van der Waals surface area contributed by atoms with Crippen molar-refractivity contribution >= 4 is 11.9 Å². The molecule has 0 aliphatic carbocycles. The lowest BCUT2D eigenvalue weighted by atomic mass is 10.4. The number of hydrogen-bond donors (Lipinski definition) is 2. The van der Waals surface area contributed by atoms with Crippen LogP contribution in [0.4, 0.5) is 0 Å². The van der Waals surface area contributed by atoms with E-state index in [0.717, 1.165) is 25.0 Å². The SMILES string of the molecule is CCCCOC(=O)/C=C\C(=O)NCCN. The molecule has 0 saturated carbocycles. The normalized spacial score (nSPS) is 10.3. The fraction of sp³-hybridized carbons (Fsp3) is 0.600. The molecule has 0 aromatic heterocycles. The van der Waals surface area contributed by atoms with E-state index in [1.54, 1.807) is 0 Å². The van der Waals surface area contributed by atoms with Gasteiger partial charge in [0.05, 0.1) is 6.61 Å². The number of ether oxygens (including phenoxy) is 1. The second kappa shape index (κ2) is 9.21. The molecule has 0 saturated heterocycles. The second-order valence-corrected chi connectivity index (χ2v) is 2.93. The maximum absolute atomic E-state index is 11.0. The molecule has 0 heterocycles. The Balaban J connectivity index is 3.65. The number of nitrogens with two attached hydrogens (primary N) is 1. The molecule has 0 aromatic carbocycles. The van der Waals surface area contributed by atoms with Crippen molar-refractivity contribution < 1.29 is 14.3 Å². The van der Waals surface area contributed by atoms with Gasteiger partial charge in [-0.05, 0) is 6.42 Å². The highest BCUT2D eigenvalue weighted by molar-refractivity contribution is 5.94. The first-order chi connectivity index (χ1) is 7.20. The Labute approximate surface area is 89.7 Å². The van der Waals surface area contributed by atoms with Crippen LogP contribution in [-0.4, -0.2) is 31.6 Å². The molecule has 0 aliphatic heterocycles. The van der Waals surface area contributed by atoms with Crippen molar-refractivity contribution in [3.05, 3.63) is 12.2 Å². The van der Waals surface area contributed by atoms with Gasteiger partial charge in [0.2, 0.25) is 5.91 Å². The number of rotatable bonds is 7. The summed E-state index contributed by atoms with van der Waals surface area (Å²) in [6.45, 7) is 3.17. The van der Waals surface area contributed by atoms with Gasteiger partial charge in [-0.1, -0.05) is 13.3 Å². The number of unbranched alkanes of at least 4 members (excludes halogenated alkanes) is 1. The zero-order valence-corrected chi connectivity index (χ0v) is 8.99. The van der Waals surface area contributed by atoms with E-state index in [9.17, 15) is 9.59 Å². The summed E-state index contributed by atoms with van der Waals surface area (Å²) in [7, 11) is 0. The first kappa shape index (κ1) is 13.6. The third-order valence-corrected chi connectivity index (χ3v) is 1.56. The summed E-state index contributed by atoms with van der Waals surface area (Å²) in [4.78, 5) is 22.0. The minimum Gasteiger partial charge on any atom is -0.463 e. The molecule has 5 nitrogen and oxygen atoms in total. The molecule has 0 spiro atoms. The maximum Gasteiger partial charge on any atom is 0.330 e. The smallest absolute Gasteiger partial charge is 0.330 e. The second-order valence-electron chi connectivity index (χ2n) is 2.93. The summed E-state index contributed by atoms with van der Waals surface area (Å²) in [5, 5.41) is 2.50. The van der Waals surface area contributed by atoms with Gasteiger partial charge in [-0.15, -0.1) is 0 Å². The van der Waals surface area contributed by atoms with E-state index in [-0.39, 0.29) is 5.91 Å². The third-order valence-electron chi connectivity index (χ3n) is 1.56. The molecule has 3 N–H and O–H groups in total. The zero-order valence-electron chi connectivity index (χ0n) is 8.99. The molecule has 0 rings (SSSR count). The van der Waals surface area contributed by atoms with Gasteiger partial charge in [-0.3, -0.25) is 4.79 Å². The predicted molar refractivity (Wildman–Crippen MR) is 57.1 cm³/mol. The van der Waals surface area contributed by atoms with Crippen LogP contribution in [0.2, 0.25) is 0 Å². The number of amides is 1. The molecule has 15 heavy (non-hydrogen) atoms. The van der Waals surface area contributed by atoms with Crippen molar-refractivity contribution in [2.24, 2.45) is 5.73 Å². The van der Waals surface area contributed by atoms with Crippen molar-refractivity contribution in [1.29, 1.82) is 0 Å². The molecular formula is C10H18N2O3. The molecule has 0 fully saturated rings. The standard InChI is InChI=1S/C10H18N2O3/c1-2-3-8-15-10(14)5-4-9(13)12-7-6-11/h4-5H,2-3,6-8,11H2,1H3,(H,12,13)/b5-4-. The van der Waals surface area contributed by atoms with Gasteiger partial charge in [0.25, 0.3) is 0 Å². The maximum atomic E-state index is 11.0. The van der Waals surface area contributed by atoms with Gasteiger partial charge in [0.1, 0.15) is 0 Å². The van der Waals surface area contributed by atoms with E-state index in [4.69, 9.17) is 10.5 Å². The highest BCUT2D eigenvalue weighted by Crippen LogP contribution is 1.89. The Bertz CT molecular complexity index is 227. The summed E-state index contributed by atoms with van der Waals surface area (Å²) < 4.78 is 4.81. The molecule has 0 unspecified atom stereocenters. The van der Waals surface area contributed by atoms with Crippen LogP contribution >= 0.6 is 0 Å². The van der Waals surface area contributed by atoms with Crippen LogP contribution in [0.1, 0.15) is 19.8 Å². The van der Waals surface area contributed by atoms with Gasteiger partial charge in [0.15, 0.2) is 0 Å². The Morgan fingerprint density at radius 2 is 2.13 bits per heavy atom. The molecule has 0 bridgehead atoms. The van der Waals surface area contributed by atoms with Crippen LogP contribution in [0.15, 0.2) is 12.2 Å². The fourth-order valence-electron chi connectivity index (χ4n) is 0.763. The molecular weight excluding hydrogens is 196 g/mol. The van der Waals surface area contributed by atoms with Crippen LogP contribution in [0, 0.1) is 0 Å². The van der Waals surface area contributed by atoms with Gasteiger partial charge in [-0.25, -0.2) is 4.79 Å². The molecule has 0 radical (unpaired) electrons. The number of nitrogens with one attached hydrogen (secondary N) is 1. The number of carbonyl (C=O) groups excluding carboxylic acids is 2. The molecule has 0 aromatic rings. The van der Waals surface area contributed by atoms with Crippen molar-refractivity contribution in [2.75, 3.05) is 19.7 Å². The Hall–Kier alpha value is -1.36. The summed E-state index contributed by atoms with van der Waals surface area (Å²) in [6.07, 6.45) is 4.05. The monoisotopic (exact) mass is 214 g/mol. The van der Waals surface area contributed by atoms with Gasteiger partial charge < -0.3 is 15.8 Å². The van der Waals surface area contributed by atoms with E-state index >= 15 is 0 Å². The lowest BCUT2D eigenvalue weighted by Crippen LogP contribution is -2.27. The molecule has 0 aliphatic rings. The summed E-state index contributed by atoms with van der Waals surface area (Å²) in [5.74, 6) is -0.834. The average Bonchev–Trinajstić information content (AvgIpc) is 2.24. The van der Waals surface area contributed by atoms with Gasteiger partial charge in [-0.2, -0.15) is 0 Å². The Morgan fingerprint density at radius 1 is 1.40 bits per heavy atom. The largest absolute Gasteiger partial charge is 0.463 e. The minimum absolute atomic E-state index is 0.340. The van der Waals surface area contributed by atoms with Crippen LogP contribution in [0.3, 0.4) is 0 Å². The summed E-state index contributed by atoms with van der Waals surface area (Å²) in [5.41, 5.74) is 5.18. The highest BCUT2D eigenvalue weighted by atomic mass is 16.5. The molecule has 86 valence electrons. The molecule has 0 atom stereocenters. The third kappa shape index (κ3) is 8.96. The quantitative estimate of drug-likeness (QED) is 0.354. The first-order valence-corrected chi connectivity index (χ1v) is 5.03. The number of esters is 1. The van der Waals surface area contributed by atoms with Crippen LogP contribution in [0.5, 0.6) is 0 Å². The zero-order chi connectivity index (χ0) is 11.5. The van der Waals surface area contributed by atoms with Crippen LogP contribution in [-0.2, 0) is 14.3 Å². The predicted octanol–water partition coefficient (Wildman–Crippen LogP) is -0.0392. The topological polar surface area (TPSA) is 81.4 Å². The van der Waals surface area contributed by atoms with E-state index in [0.29, 0.717) is 19.7 Å². The number of carbonyl (C=O) groups is 2. The average molecular weight is 214 g/mol.